The molecule has 0 bridgehead atoms. The summed E-state index contributed by atoms with van der Waals surface area (Å²) < 4.78 is 39.2. The Morgan fingerprint density at radius 3 is 2.29 bits per heavy atom. The molecule has 0 aliphatic carbocycles. The Hall–Kier alpha value is -1.18. The highest BCUT2D eigenvalue weighted by Crippen LogP contribution is 2.49. The molecule has 1 amide bonds. The highest BCUT2D eigenvalue weighted by molar-refractivity contribution is 7.88. The molecule has 5 nitrogen and oxygen atoms in total. The zero-order valence-electron chi connectivity index (χ0n) is 14.0. The van der Waals surface area contributed by atoms with Gasteiger partial charge in [0.2, 0.25) is 15.9 Å². The lowest BCUT2D eigenvalue weighted by Crippen LogP contribution is -2.51. The fourth-order valence-electron chi connectivity index (χ4n) is 3.77. The monoisotopic (exact) mass is 376 g/mol. The summed E-state index contributed by atoms with van der Waals surface area (Å²) in [7, 11) is -3.27. The van der Waals surface area contributed by atoms with E-state index in [0.29, 0.717) is 24.1 Å². The van der Waals surface area contributed by atoms with Crippen molar-refractivity contribution in [2.45, 2.75) is 38.1 Å². The van der Waals surface area contributed by atoms with E-state index < -0.39 is 21.3 Å². The number of hydrogen-bond donors (Lipinski definition) is 0. The van der Waals surface area contributed by atoms with Gasteiger partial charge in [-0.3, -0.25) is 4.79 Å². The number of amides is 1. The third-order valence-corrected chi connectivity index (χ3v) is 6.24. The van der Waals surface area contributed by atoms with Crippen molar-refractivity contribution >= 4 is 34.0 Å². The molecular formula is C16H22ClFN2O3S. The molecule has 1 saturated heterocycles. The van der Waals surface area contributed by atoms with Gasteiger partial charge in [-0.2, -0.15) is 0 Å². The Labute approximate surface area is 148 Å². The van der Waals surface area contributed by atoms with Crippen LogP contribution in [0.2, 0.25) is 0 Å². The van der Waals surface area contributed by atoms with E-state index in [1.807, 2.05) is 13.8 Å². The topological polar surface area (TPSA) is 57.7 Å². The van der Waals surface area contributed by atoms with Crippen molar-refractivity contribution in [2.24, 2.45) is 0 Å². The predicted molar refractivity (Wildman–Crippen MR) is 93.6 cm³/mol. The van der Waals surface area contributed by atoms with Gasteiger partial charge in [0.25, 0.3) is 0 Å². The Bertz CT molecular complexity index is 759. The Balaban J connectivity index is 0.00000208. The molecule has 2 aliphatic heterocycles. The minimum atomic E-state index is -3.27. The minimum Gasteiger partial charge on any atom is -0.306 e. The van der Waals surface area contributed by atoms with Crippen molar-refractivity contribution in [3.63, 3.8) is 0 Å². The first-order chi connectivity index (χ1) is 10.7. The molecule has 1 fully saturated rings. The first-order valence-corrected chi connectivity index (χ1v) is 9.61. The van der Waals surface area contributed by atoms with Gasteiger partial charge < -0.3 is 4.90 Å². The lowest BCUT2D eigenvalue weighted by molar-refractivity contribution is -0.124. The summed E-state index contributed by atoms with van der Waals surface area (Å²) in [6, 6.07) is 4.64. The summed E-state index contributed by atoms with van der Waals surface area (Å²) in [5, 5.41) is 0. The summed E-state index contributed by atoms with van der Waals surface area (Å²) in [4.78, 5) is 14.6. The number of benzene rings is 1. The molecule has 2 heterocycles. The standard InChI is InChI=1S/C16H21FN2O3S.ClH/c1-11(2)19-14-12(5-4-6-13(14)17)16(15(19)20)7-9-18(10-8-16)23(3,21)22;/h4-6,11H,7-10H2,1-3H3;1H. The highest BCUT2D eigenvalue weighted by atomic mass is 35.5. The van der Waals surface area contributed by atoms with Crippen LogP contribution in [0.3, 0.4) is 0 Å². The first kappa shape index (κ1) is 19.1. The normalized spacial score (nSPS) is 20.4. The number of halogens is 2. The van der Waals surface area contributed by atoms with Crippen molar-refractivity contribution in [3.05, 3.63) is 29.6 Å². The molecule has 0 N–H and O–H groups in total. The van der Waals surface area contributed by atoms with Gasteiger partial charge >= 0.3 is 0 Å². The van der Waals surface area contributed by atoms with E-state index in [-0.39, 0.29) is 37.4 Å². The Morgan fingerprint density at radius 1 is 1.21 bits per heavy atom. The van der Waals surface area contributed by atoms with Crippen LogP contribution < -0.4 is 4.90 Å². The lowest BCUT2D eigenvalue weighted by Gasteiger charge is -2.37. The largest absolute Gasteiger partial charge is 0.306 e. The molecule has 0 atom stereocenters. The van der Waals surface area contributed by atoms with Gasteiger partial charge in [-0.1, -0.05) is 12.1 Å². The number of nitrogens with zero attached hydrogens (tertiary/aromatic N) is 2. The number of piperidine rings is 1. The zero-order chi connectivity index (χ0) is 17.0. The van der Waals surface area contributed by atoms with E-state index in [2.05, 4.69) is 0 Å². The molecule has 24 heavy (non-hydrogen) atoms. The third kappa shape index (κ3) is 2.72. The molecule has 3 rings (SSSR count). The van der Waals surface area contributed by atoms with Crippen LogP contribution in [0.4, 0.5) is 10.1 Å². The summed E-state index contributed by atoms with van der Waals surface area (Å²) in [5.74, 6) is -0.507. The van der Waals surface area contributed by atoms with Crippen LogP contribution in [0.25, 0.3) is 0 Å². The summed E-state index contributed by atoms with van der Waals surface area (Å²) in [5.41, 5.74) is 0.257. The molecule has 2 aliphatic rings. The quantitative estimate of drug-likeness (QED) is 0.795. The fourth-order valence-corrected chi connectivity index (χ4v) is 4.62. The smallest absolute Gasteiger partial charge is 0.238 e. The Morgan fingerprint density at radius 2 is 1.79 bits per heavy atom. The van der Waals surface area contributed by atoms with Crippen molar-refractivity contribution in [3.8, 4) is 0 Å². The summed E-state index contributed by atoms with van der Waals surface area (Å²) in [6.45, 7) is 4.29. The molecule has 8 heteroatoms. The van der Waals surface area contributed by atoms with Gasteiger partial charge in [0.05, 0.1) is 17.4 Å². The second-order valence-electron chi connectivity index (χ2n) is 6.65. The maximum absolute atomic E-state index is 14.4. The first-order valence-electron chi connectivity index (χ1n) is 7.76. The van der Waals surface area contributed by atoms with E-state index in [1.54, 1.807) is 12.1 Å². The summed E-state index contributed by atoms with van der Waals surface area (Å²) >= 11 is 0. The second-order valence-corrected chi connectivity index (χ2v) is 8.63. The molecule has 1 aromatic carbocycles. The van der Waals surface area contributed by atoms with Gasteiger partial charge in [-0.15, -0.1) is 12.4 Å². The zero-order valence-corrected chi connectivity index (χ0v) is 15.6. The van der Waals surface area contributed by atoms with Crippen LogP contribution in [0.5, 0.6) is 0 Å². The lowest BCUT2D eigenvalue weighted by atomic mass is 9.74. The van der Waals surface area contributed by atoms with E-state index in [0.717, 1.165) is 0 Å². The molecule has 0 radical (unpaired) electrons. The molecular weight excluding hydrogens is 355 g/mol. The molecule has 1 aromatic rings. The number of rotatable bonds is 2. The number of carbonyl (C=O) groups excluding carboxylic acids is 1. The highest BCUT2D eigenvalue weighted by Gasteiger charge is 2.54. The minimum absolute atomic E-state index is 0. The summed E-state index contributed by atoms with van der Waals surface area (Å²) in [6.07, 6.45) is 1.95. The Kier molecular flexibility index (Phi) is 5.01. The molecule has 0 saturated carbocycles. The number of sulfonamides is 1. The maximum atomic E-state index is 14.4. The van der Waals surface area contributed by atoms with Crippen molar-refractivity contribution in [1.29, 1.82) is 0 Å². The van der Waals surface area contributed by atoms with Gasteiger partial charge in [0.1, 0.15) is 5.82 Å². The fraction of sp³-hybridized carbons (Fsp3) is 0.562. The van der Waals surface area contributed by atoms with Crippen molar-refractivity contribution in [2.75, 3.05) is 24.2 Å². The van der Waals surface area contributed by atoms with Crippen LogP contribution in [0.1, 0.15) is 32.3 Å². The van der Waals surface area contributed by atoms with Crippen LogP contribution >= 0.6 is 12.4 Å². The molecule has 1 spiro atoms. The number of fused-ring (bicyclic) bond motifs is 2. The van der Waals surface area contributed by atoms with Crippen molar-refractivity contribution in [1.82, 2.24) is 4.31 Å². The van der Waals surface area contributed by atoms with Crippen LogP contribution in [0.15, 0.2) is 18.2 Å². The van der Waals surface area contributed by atoms with E-state index in [9.17, 15) is 17.6 Å². The van der Waals surface area contributed by atoms with Gasteiger partial charge in [-0.05, 0) is 38.3 Å². The number of para-hydroxylation sites is 1. The second kappa shape index (κ2) is 6.28. The van der Waals surface area contributed by atoms with Gasteiger partial charge in [0, 0.05) is 19.1 Å². The molecule has 0 aromatic heterocycles. The average Bonchev–Trinajstić information content (AvgIpc) is 2.70. The van der Waals surface area contributed by atoms with E-state index >= 15 is 0 Å². The predicted octanol–water partition coefficient (Wildman–Crippen LogP) is 2.30. The number of carbonyl (C=O) groups is 1. The average molecular weight is 377 g/mol. The van der Waals surface area contributed by atoms with Gasteiger partial charge in [0.15, 0.2) is 0 Å². The maximum Gasteiger partial charge on any atom is 0.238 e. The number of hydrogen-bond acceptors (Lipinski definition) is 3. The molecule has 134 valence electrons. The van der Waals surface area contributed by atoms with Crippen LogP contribution in [-0.4, -0.2) is 44.0 Å². The van der Waals surface area contributed by atoms with Crippen molar-refractivity contribution < 1.29 is 17.6 Å². The number of anilines is 1. The van der Waals surface area contributed by atoms with Gasteiger partial charge in [-0.25, -0.2) is 17.1 Å². The van der Waals surface area contributed by atoms with Crippen LogP contribution in [-0.2, 0) is 20.2 Å². The van der Waals surface area contributed by atoms with E-state index in [1.165, 1.54) is 21.5 Å². The van der Waals surface area contributed by atoms with E-state index in [4.69, 9.17) is 0 Å². The SMILES string of the molecule is CC(C)N1C(=O)C2(CCN(S(C)(=O)=O)CC2)c2cccc(F)c21.Cl. The van der Waals surface area contributed by atoms with Crippen LogP contribution in [0, 0.1) is 5.82 Å². The molecule has 0 unspecified atom stereocenters. The third-order valence-electron chi connectivity index (χ3n) is 4.93.